The number of carbonyl (C=O) groups excluding carboxylic acids is 1. The number of amides is 1. The van der Waals surface area contributed by atoms with Crippen LogP contribution in [0.5, 0.6) is 0 Å². The van der Waals surface area contributed by atoms with Crippen molar-refractivity contribution in [3.8, 4) is 6.07 Å². The number of anilines is 1. The zero-order valence-electron chi connectivity index (χ0n) is 15.8. The Kier molecular flexibility index (Phi) is 6.12. The van der Waals surface area contributed by atoms with Crippen LogP contribution in [0.4, 0.5) is 5.69 Å². The molecular weight excluding hydrogens is 374 g/mol. The maximum absolute atomic E-state index is 13.0. The van der Waals surface area contributed by atoms with Gasteiger partial charge in [-0.15, -0.1) is 0 Å². The number of nitrogens with zero attached hydrogens (tertiary/aromatic N) is 3. The van der Waals surface area contributed by atoms with Crippen LogP contribution in [0.15, 0.2) is 59.5 Å². The lowest BCUT2D eigenvalue weighted by Crippen LogP contribution is -2.44. The summed E-state index contributed by atoms with van der Waals surface area (Å²) in [5.41, 5.74) is 0.995. The summed E-state index contributed by atoms with van der Waals surface area (Å²) >= 11 is 0. The normalized spacial score (nSPS) is 15.7. The first-order valence-electron chi connectivity index (χ1n) is 9.34. The van der Waals surface area contributed by atoms with Crippen LogP contribution in [-0.4, -0.2) is 38.3 Å². The van der Waals surface area contributed by atoms with Gasteiger partial charge >= 0.3 is 0 Å². The molecule has 0 unspecified atom stereocenters. The van der Waals surface area contributed by atoms with E-state index in [9.17, 15) is 18.5 Å². The van der Waals surface area contributed by atoms with Gasteiger partial charge in [-0.05, 0) is 44.0 Å². The van der Waals surface area contributed by atoms with Crippen LogP contribution in [0, 0.1) is 17.2 Å². The number of rotatable bonds is 5. The fourth-order valence-corrected chi connectivity index (χ4v) is 5.17. The third kappa shape index (κ3) is 3.93. The van der Waals surface area contributed by atoms with Gasteiger partial charge in [0.05, 0.1) is 10.5 Å². The molecule has 1 fully saturated rings. The van der Waals surface area contributed by atoms with Crippen molar-refractivity contribution in [1.29, 1.82) is 5.26 Å². The highest BCUT2D eigenvalue weighted by Gasteiger charge is 2.34. The SMILES string of the molecule is CCN(C(=O)C1CCN(S(=O)(=O)c2ccccc2C#N)CC1)c1ccccc1. The molecule has 7 heteroatoms. The van der Waals surface area contributed by atoms with Crippen LogP contribution in [0.3, 0.4) is 0 Å². The van der Waals surface area contributed by atoms with Crippen LogP contribution in [-0.2, 0) is 14.8 Å². The van der Waals surface area contributed by atoms with Crippen molar-refractivity contribution in [2.24, 2.45) is 5.92 Å². The summed E-state index contributed by atoms with van der Waals surface area (Å²) in [6.07, 6.45) is 0.937. The predicted octanol–water partition coefficient (Wildman–Crippen LogP) is 3.01. The summed E-state index contributed by atoms with van der Waals surface area (Å²) < 4.78 is 27.2. The number of para-hydroxylation sites is 1. The van der Waals surface area contributed by atoms with Gasteiger partial charge in [-0.1, -0.05) is 30.3 Å². The third-order valence-electron chi connectivity index (χ3n) is 5.08. The highest BCUT2D eigenvalue weighted by atomic mass is 32.2. The van der Waals surface area contributed by atoms with Crippen molar-refractivity contribution in [3.63, 3.8) is 0 Å². The highest BCUT2D eigenvalue weighted by molar-refractivity contribution is 7.89. The molecule has 0 bridgehead atoms. The number of hydrogen-bond acceptors (Lipinski definition) is 4. The van der Waals surface area contributed by atoms with E-state index in [0.29, 0.717) is 19.4 Å². The Morgan fingerprint density at radius 2 is 1.71 bits per heavy atom. The van der Waals surface area contributed by atoms with Crippen LogP contribution >= 0.6 is 0 Å². The van der Waals surface area contributed by atoms with Gasteiger partial charge in [-0.2, -0.15) is 9.57 Å². The Labute approximate surface area is 166 Å². The first-order valence-corrected chi connectivity index (χ1v) is 10.8. The van der Waals surface area contributed by atoms with E-state index in [1.807, 2.05) is 43.3 Å². The molecule has 146 valence electrons. The second kappa shape index (κ2) is 8.55. The Bertz CT molecular complexity index is 975. The van der Waals surface area contributed by atoms with Crippen molar-refractivity contribution < 1.29 is 13.2 Å². The Morgan fingerprint density at radius 1 is 1.11 bits per heavy atom. The largest absolute Gasteiger partial charge is 0.312 e. The van der Waals surface area contributed by atoms with Crippen molar-refractivity contribution in [1.82, 2.24) is 4.31 Å². The molecule has 1 heterocycles. The summed E-state index contributed by atoms with van der Waals surface area (Å²) in [4.78, 5) is 14.8. The van der Waals surface area contributed by atoms with E-state index in [-0.39, 0.29) is 35.4 Å². The average Bonchev–Trinajstić information content (AvgIpc) is 2.75. The maximum Gasteiger partial charge on any atom is 0.244 e. The second-order valence-corrected chi connectivity index (χ2v) is 8.61. The Balaban J connectivity index is 1.72. The Hall–Kier alpha value is -2.69. The summed E-state index contributed by atoms with van der Waals surface area (Å²) in [6, 6.07) is 17.7. The average molecular weight is 398 g/mol. The second-order valence-electron chi connectivity index (χ2n) is 6.70. The van der Waals surface area contributed by atoms with Crippen molar-refractivity contribution >= 4 is 21.6 Å². The van der Waals surface area contributed by atoms with Crippen LogP contribution in [0.25, 0.3) is 0 Å². The van der Waals surface area contributed by atoms with E-state index in [0.717, 1.165) is 5.69 Å². The van der Waals surface area contributed by atoms with Gasteiger partial charge in [0.25, 0.3) is 0 Å². The monoisotopic (exact) mass is 397 g/mol. The van der Waals surface area contributed by atoms with Crippen molar-refractivity contribution in [3.05, 3.63) is 60.2 Å². The summed E-state index contributed by atoms with van der Waals surface area (Å²) in [5.74, 6) is -0.180. The molecule has 0 aliphatic carbocycles. The minimum Gasteiger partial charge on any atom is -0.312 e. The maximum atomic E-state index is 13.0. The molecule has 0 radical (unpaired) electrons. The van der Waals surface area contributed by atoms with Gasteiger partial charge in [0.2, 0.25) is 15.9 Å². The van der Waals surface area contributed by atoms with Gasteiger partial charge in [-0.3, -0.25) is 4.79 Å². The zero-order chi connectivity index (χ0) is 20.1. The molecule has 1 saturated heterocycles. The minimum absolute atomic E-state index is 0.0294. The fourth-order valence-electron chi connectivity index (χ4n) is 3.56. The van der Waals surface area contributed by atoms with E-state index in [2.05, 4.69) is 0 Å². The van der Waals surface area contributed by atoms with Crippen LogP contribution in [0.2, 0.25) is 0 Å². The predicted molar refractivity (Wildman–Crippen MR) is 107 cm³/mol. The number of nitriles is 1. The van der Waals surface area contributed by atoms with Crippen LogP contribution in [0.1, 0.15) is 25.3 Å². The Morgan fingerprint density at radius 3 is 2.32 bits per heavy atom. The van der Waals surface area contributed by atoms with E-state index >= 15 is 0 Å². The fraction of sp³-hybridized carbons (Fsp3) is 0.333. The zero-order valence-corrected chi connectivity index (χ0v) is 16.6. The molecule has 0 saturated carbocycles. The molecule has 1 amide bonds. The molecule has 2 aromatic carbocycles. The number of sulfonamides is 1. The van der Waals surface area contributed by atoms with E-state index in [1.54, 1.807) is 17.0 Å². The molecule has 1 aliphatic rings. The van der Waals surface area contributed by atoms with Gasteiger partial charge in [0.15, 0.2) is 0 Å². The molecule has 6 nitrogen and oxygen atoms in total. The van der Waals surface area contributed by atoms with Gasteiger partial charge < -0.3 is 4.90 Å². The number of benzene rings is 2. The lowest BCUT2D eigenvalue weighted by molar-refractivity contribution is -0.123. The number of hydrogen-bond donors (Lipinski definition) is 0. The van der Waals surface area contributed by atoms with Gasteiger partial charge in [0.1, 0.15) is 6.07 Å². The lowest BCUT2D eigenvalue weighted by Gasteiger charge is -2.33. The van der Waals surface area contributed by atoms with Crippen LogP contribution < -0.4 is 4.90 Å². The molecular formula is C21H23N3O3S. The molecule has 0 N–H and O–H groups in total. The van der Waals surface area contributed by atoms with E-state index in [1.165, 1.54) is 16.4 Å². The molecule has 0 spiro atoms. The molecule has 0 atom stereocenters. The number of carbonyl (C=O) groups is 1. The third-order valence-corrected chi connectivity index (χ3v) is 7.04. The first-order chi connectivity index (χ1) is 13.5. The quantitative estimate of drug-likeness (QED) is 0.777. The van der Waals surface area contributed by atoms with Gasteiger partial charge in [-0.25, -0.2) is 8.42 Å². The summed E-state index contributed by atoms with van der Waals surface area (Å²) in [5, 5.41) is 9.21. The lowest BCUT2D eigenvalue weighted by atomic mass is 9.96. The molecule has 1 aliphatic heterocycles. The number of piperidine rings is 1. The van der Waals surface area contributed by atoms with E-state index < -0.39 is 10.0 Å². The standard InChI is InChI=1S/C21H23N3O3S/c1-2-24(19-9-4-3-5-10-19)21(25)17-12-14-23(15-13-17)28(26,27)20-11-7-6-8-18(20)16-22/h3-11,17H,2,12-15H2,1H3. The van der Waals surface area contributed by atoms with Gasteiger partial charge in [0, 0.05) is 31.2 Å². The van der Waals surface area contributed by atoms with Crippen molar-refractivity contribution in [2.75, 3.05) is 24.5 Å². The first kappa shape index (κ1) is 20.1. The minimum atomic E-state index is -3.75. The molecule has 2 aromatic rings. The van der Waals surface area contributed by atoms with E-state index in [4.69, 9.17) is 0 Å². The smallest absolute Gasteiger partial charge is 0.244 e. The van der Waals surface area contributed by atoms with Crippen molar-refractivity contribution in [2.45, 2.75) is 24.7 Å². The highest BCUT2D eigenvalue weighted by Crippen LogP contribution is 2.28. The molecule has 0 aromatic heterocycles. The molecule has 3 rings (SSSR count). The summed E-state index contributed by atoms with van der Waals surface area (Å²) in [7, 11) is -3.75. The topological polar surface area (TPSA) is 81.5 Å². The summed E-state index contributed by atoms with van der Waals surface area (Å²) in [6.45, 7) is 3.04. The molecule has 28 heavy (non-hydrogen) atoms.